The summed E-state index contributed by atoms with van der Waals surface area (Å²) in [5.41, 5.74) is 1.03. The number of aromatic amines is 1. The third-order valence-corrected chi connectivity index (χ3v) is 2.81. The van der Waals surface area contributed by atoms with Gasteiger partial charge in [0, 0.05) is 23.4 Å². The molecule has 2 rings (SSSR count). The second-order valence-corrected chi connectivity index (χ2v) is 4.66. The minimum absolute atomic E-state index is 0.0148. The molecular weight excluding hydrogens is 296 g/mol. The van der Waals surface area contributed by atoms with Crippen LogP contribution in [0.2, 0.25) is 0 Å². The molecule has 18 heavy (non-hydrogen) atoms. The lowest BCUT2D eigenvalue weighted by Crippen LogP contribution is -2.28. The van der Waals surface area contributed by atoms with Crippen molar-refractivity contribution in [1.82, 2.24) is 10.3 Å². The fourth-order valence-electron chi connectivity index (χ4n) is 1.43. The molecule has 2 N–H and O–H groups in total. The Morgan fingerprint density at radius 2 is 2.28 bits per heavy atom. The number of carbonyl (C=O) groups is 1. The Hall–Kier alpha value is -1.75. The van der Waals surface area contributed by atoms with E-state index in [1.807, 2.05) is 42.7 Å². The molecule has 1 amide bonds. The Balaban J connectivity index is 1.75. The van der Waals surface area contributed by atoms with Crippen LogP contribution < -0.4 is 10.1 Å². The van der Waals surface area contributed by atoms with Crippen LogP contribution in [0.1, 0.15) is 5.56 Å². The third kappa shape index (κ3) is 3.92. The zero-order valence-electron chi connectivity index (χ0n) is 9.65. The highest BCUT2D eigenvalue weighted by molar-refractivity contribution is 9.10. The minimum Gasteiger partial charge on any atom is -0.484 e. The lowest BCUT2D eigenvalue weighted by molar-refractivity contribution is -0.123. The maximum absolute atomic E-state index is 11.5. The molecule has 0 aliphatic rings. The zero-order valence-corrected chi connectivity index (χ0v) is 11.2. The third-order valence-electron chi connectivity index (χ3n) is 2.32. The Morgan fingerprint density at radius 1 is 1.39 bits per heavy atom. The zero-order chi connectivity index (χ0) is 12.8. The van der Waals surface area contributed by atoms with E-state index in [2.05, 4.69) is 26.2 Å². The van der Waals surface area contributed by atoms with Crippen LogP contribution in [0.15, 0.2) is 47.2 Å². The van der Waals surface area contributed by atoms with Crippen LogP contribution in [-0.2, 0) is 11.3 Å². The molecule has 0 radical (unpaired) electrons. The topological polar surface area (TPSA) is 54.1 Å². The number of aromatic nitrogens is 1. The van der Waals surface area contributed by atoms with Gasteiger partial charge in [-0.25, -0.2) is 0 Å². The fraction of sp³-hybridized carbons (Fsp3) is 0.154. The van der Waals surface area contributed by atoms with E-state index in [0.717, 1.165) is 10.0 Å². The maximum atomic E-state index is 11.5. The molecule has 1 aromatic carbocycles. The quantitative estimate of drug-likeness (QED) is 0.891. The van der Waals surface area contributed by atoms with Crippen molar-refractivity contribution in [3.8, 4) is 5.75 Å². The number of amides is 1. The second-order valence-electron chi connectivity index (χ2n) is 3.74. The highest BCUT2D eigenvalue weighted by Gasteiger charge is 2.03. The van der Waals surface area contributed by atoms with Gasteiger partial charge in [0.15, 0.2) is 6.61 Å². The summed E-state index contributed by atoms with van der Waals surface area (Å²) >= 11 is 3.34. The average molecular weight is 309 g/mol. The van der Waals surface area contributed by atoms with E-state index in [1.165, 1.54) is 0 Å². The Morgan fingerprint density at radius 3 is 3.00 bits per heavy atom. The highest BCUT2D eigenvalue weighted by Crippen LogP contribution is 2.17. The smallest absolute Gasteiger partial charge is 0.258 e. The first-order valence-electron chi connectivity index (χ1n) is 5.51. The van der Waals surface area contributed by atoms with Crippen LogP contribution in [0.5, 0.6) is 5.75 Å². The molecule has 0 atom stereocenters. The molecule has 94 valence electrons. The molecule has 0 aliphatic carbocycles. The second kappa shape index (κ2) is 6.26. The van der Waals surface area contributed by atoms with Crippen LogP contribution in [0.3, 0.4) is 0 Å². The largest absolute Gasteiger partial charge is 0.484 e. The molecule has 0 saturated heterocycles. The number of benzene rings is 1. The summed E-state index contributed by atoms with van der Waals surface area (Å²) in [5.74, 6) is 0.525. The molecule has 0 saturated carbocycles. The van der Waals surface area contributed by atoms with Crippen molar-refractivity contribution in [2.24, 2.45) is 0 Å². The summed E-state index contributed by atoms with van der Waals surface area (Å²) < 4.78 is 6.29. The number of hydrogen-bond acceptors (Lipinski definition) is 2. The number of nitrogens with one attached hydrogen (secondary N) is 2. The van der Waals surface area contributed by atoms with Gasteiger partial charge < -0.3 is 15.0 Å². The molecule has 0 bridgehead atoms. The van der Waals surface area contributed by atoms with Crippen LogP contribution in [-0.4, -0.2) is 17.5 Å². The Bertz CT molecular complexity index is 511. The first-order chi connectivity index (χ1) is 8.74. The van der Waals surface area contributed by atoms with Gasteiger partial charge in [-0.1, -0.05) is 22.0 Å². The first kappa shape index (κ1) is 12.7. The Kier molecular flexibility index (Phi) is 4.41. The summed E-state index contributed by atoms with van der Waals surface area (Å²) in [6.45, 7) is 0.519. The molecule has 1 heterocycles. The molecule has 1 aromatic heterocycles. The van der Waals surface area contributed by atoms with Crippen molar-refractivity contribution in [2.75, 3.05) is 6.61 Å². The minimum atomic E-state index is -0.142. The summed E-state index contributed by atoms with van der Waals surface area (Å²) in [7, 11) is 0. The molecule has 0 spiro atoms. The van der Waals surface area contributed by atoms with Gasteiger partial charge in [0.25, 0.3) is 5.91 Å². The molecule has 5 heteroatoms. The van der Waals surface area contributed by atoms with E-state index in [1.54, 1.807) is 0 Å². The van der Waals surface area contributed by atoms with Gasteiger partial charge in [-0.3, -0.25) is 4.79 Å². The van der Waals surface area contributed by atoms with Gasteiger partial charge in [-0.15, -0.1) is 0 Å². The van der Waals surface area contributed by atoms with Crippen molar-refractivity contribution in [1.29, 1.82) is 0 Å². The average Bonchev–Trinajstić information content (AvgIpc) is 2.87. The lowest BCUT2D eigenvalue weighted by atomic mass is 10.3. The predicted molar refractivity (Wildman–Crippen MR) is 72.3 cm³/mol. The fourth-order valence-corrected chi connectivity index (χ4v) is 1.80. The van der Waals surface area contributed by atoms with Gasteiger partial charge in [0.2, 0.25) is 0 Å². The van der Waals surface area contributed by atoms with E-state index in [-0.39, 0.29) is 12.5 Å². The van der Waals surface area contributed by atoms with Gasteiger partial charge in [0.1, 0.15) is 5.75 Å². The summed E-state index contributed by atoms with van der Waals surface area (Å²) in [6.07, 6.45) is 3.66. The van der Waals surface area contributed by atoms with Gasteiger partial charge in [-0.05, 0) is 29.8 Å². The summed E-state index contributed by atoms with van der Waals surface area (Å²) in [4.78, 5) is 14.5. The van der Waals surface area contributed by atoms with Crippen LogP contribution in [0.4, 0.5) is 0 Å². The first-order valence-corrected chi connectivity index (χ1v) is 6.30. The van der Waals surface area contributed by atoms with E-state index < -0.39 is 0 Å². The van der Waals surface area contributed by atoms with Crippen LogP contribution in [0, 0.1) is 0 Å². The molecule has 0 unspecified atom stereocenters. The molecule has 4 nitrogen and oxygen atoms in total. The van der Waals surface area contributed by atoms with Gasteiger partial charge >= 0.3 is 0 Å². The number of ether oxygens (including phenoxy) is 1. The maximum Gasteiger partial charge on any atom is 0.258 e. The van der Waals surface area contributed by atoms with Crippen molar-refractivity contribution in [3.63, 3.8) is 0 Å². The number of H-pyrrole nitrogens is 1. The normalized spacial score (nSPS) is 10.1. The highest BCUT2D eigenvalue weighted by atomic mass is 79.9. The number of halogens is 1. The summed E-state index contributed by atoms with van der Waals surface area (Å²) in [5, 5.41) is 2.77. The van der Waals surface area contributed by atoms with E-state index in [4.69, 9.17) is 4.74 Å². The lowest BCUT2D eigenvalue weighted by Gasteiger charge is -2.07. The SMILES string of the molecule is O=C(COc1cccc(Br)c1)NCc1cc[nH]c1. The van der Waals surface area contributed by atoms with E-state index in [0.29, 0.717) is 12.3 Å². The Labute approximate surface area is 113 Å². The van der Waals surface area contributed by atoms with E-state index >= 15 is 0 Å². The predicted octanol–water partition coefficient (Wildman–Crippen LogP) is 2.47. The van der Waals surface area contributed by atoms with E-state index in [9.17, 15) is 4.79 Å². The van der Waals surface area contributed by atoms with Crippen molar-refractivity contribution < 1.29 is 9.53 Å². The molecule has 0 aliphatic heterocycles. The number of hydrogen-bond donors (Lipinski definition) is 2. The monoisotopic (exact) mass is 308 g/mol. The molecule has 0 fully saturated rings. The molecule has 2 aromatic rings. The van der Waals surface area contributed by atoms with Crippen LogP contribution >= 0.6 is 15.9 Å². The number of rotatable bonds is 5. The van der Waals surface area contributed by atoms with Crippen LogP contribution in [0.25, 0.3) is 0 Å². The van der Waals surface area contributed by atoms with Gasteiger partial charge in [-0.2, -0.15) is 0 Å². The van der Waals surface area contributed by atoms with Crippen molar-refractivity contribution >= 4 is 21.8 Å². The van der Waals surface area contributed by atoms with Crippen molar-refractivity contribution in [3.05, 3.63) is 52.8 Å². The van der Waals surface area contributed by atoms with Gasteiger partial charge in [0.05, 0.1) is 0 Å². The standard InChI is InChI=1S/C13H13BrN2O2/c14-11-2-1-3-12(6-11)18-9-13(17)16-8-10-4-5-15-7-10/h1-7,15H,8-9H2,(H,16,17). The molecular formula is C13H13BrN2O2. The van der Waals surface area contributed by atoms with Crippen molar-refractivity contribution in [2.45, 2.75) is 6.54 Å². The number of carbonyl (C=O) groups excluding carboxylic acids is 1. The summed E-state index contributed by atoms with van der Waals surface area (Å²) in [6, 6.07) is 9.30.